The minimum Gasteiger partial charge on any atom is -0.497 e. The number of carbonyl (C=O) groups excluding carboxylic acids is 4. The highest BCUT2D eigenvalue weighted by Gasteiger charge is 2.27. The molecule has 0 atom stereocenters. The third kappa shape index (κ3) is 4.89. The second-order valence-corrected chi connectivity index (χ2v) is 6.12. The number of carbonyl (C=O) groups is 4. The number of esters is 1. The van der Waals surface area contributed by atoms with Gasteiger partial charge in [0.25, 0.3) is 11.8 Å². The van der Waals surface area contributed by atoms with Crippen molar-refractivity contribution >= 4 is 35.1 Å². The Hall–Kier alpha value is -3.88. The molecule has 2 aromatic rings. The van der Waals surface area contributed by atoms with E-state index in [1.807, 2.05) is 0 Å². The van der Waals surface area contributed by atoms with Gasteiger partial charge < -0.3 is 20.1 Å². The van der Waals surface area contributed by atoms with E-state index in [2.05, 4.69) is 10.6 Å². The molecule has 3 rings (SSSR count). The highest BCUT2D eigenvalue weighted by atomic mass is 16.5. The smallest absolute Gasteiger partial charge is 0.325 e. The van der Waals surface area contributed by atoms with E-state index >= 15 is 0 Å². The number of rotatable bonds is 6. The van der Waals surface area contributed by atoms with Crippen molar-refractivity contribution in [3.63, 3.8) is 0 Å². The van der Waals surface area contributed by atoms with Gasteiger partial charge in [0, 0.05) is 5.56 Å². The highest BCUT2D eigenvalue weighted by Crippen LogP contribution is 2.28. The first-order valence-corrected chi connectivity index (χ1v) is 8.75. The molecule has 150 valence electrons. The Morgan fingerprint density at radius 2 is 1.93 bits per heavy atom. The molecule has 3 amide bonds. The van der Waals surface area contributed by atoms with Crippen molar-refractivity contribution in [1.29, 1.82) is 0 Å². The quantitative estimate of drug-likeness (QED) is 0.702. The number of fused-ring (bicyclic) bond motifs is 1. The molecular formula is C20H19N3O6. The first kappa shape index (κ1) is 19.9. The fourth-order valence-electron chi connectivity index (χ4n) is 2.75. The first-order valence-electron chi connectivity index (χ1n) is 8.75. The zero-order chi connectivity index (χ0) is 20.8. The lowest BCUT2D eigenvalue weighted by atomic mass is 10.2. The number of amides is 3. The average molecular weight is 397 g/mol. The number of nitrogens with zero attached hydrogens (tertiary/aromatic N) is 1. The van der Waals surface area contributed by atoms with E-state index in [0.717, 1.165) is 0 Å². The van der Waals surface area contributed by atoms with E-state index in [1.165, 1.54) is 18.1 Å². The summed E-state index contributed by atoms with van der Waals surface area (Å²) in [5.41, 5.74) is 1.36. The SMILES string of the molecule is COc1cccc(C(=O)NCC(=O)OCC(=O)N2CC(=O)Nc3ccccc32)c1. The Bertz CT molecular complexity index is 959. The van der Waals surface area contributed by atoms with Crippen LogP contribution in [0.5, 0.6) is 5.75 Å². The van der Waals surface area contributed by atoms with Gasteiger partial charge in [-0.25, -0.2) is 0 Å². The van der Waals surface area contributed by atoms with Crippen LogP contribution in [0.3, 0.4) is 0 Å². The number of benzene rings is 2. The predicted molar refractivity (Wildman–Crippen MR) is 104 cm³/mol. The molecule has 2 N–H and O–H groups in total. The molecule has 29 heavy (non-hydrogen) atoms. The Balaban J connectivity index is 1.51. The Kier molecular flexibility index (Phi) is 6.08. The molecule has 0 bridgehead atoms. The maximum atomic E-state index is 12.4. The van der Waals surface area contributed by atoms with Crippen molar-refractivity contribution in [1.82, 2.24) is 5.32 Å². The summed E-state index contributed by atoms with van der Waals surface area (Å²) < 4.78 is 9.98. The van der Waals surface area contributed by atoms with Gasteiger partial charge in [-0.3, -0.25) is 24.1 Å². The van der Waals surface area contributed by atoms with Gasteiger partial charge >= 0.3 is 5.97 Å². The van der Waals surface area contributed by atoms with E-state index < -0.39 is 30.9 Å². The van der Waals surface area contributed by atoms with Crippen molar-refractivity contribution in [3.05, 3.63) is 54.1 Å². The van der Waals surface area contributed by atoms with Crippen LogP contribution in [-0.4, -0.2) is 50.5 Å². The summed E-state index contributed by atoms with van der Waals surface area (Å²) in [6, 6.07) is 13.3. The van der Waals surface area contributed by atoms with Crippen LogP contribution >= 0.6 is 0 Å². The van der Waals surface area contributed by atoms with Gasteiger partial charge in [-0.1, -0.05) is 18.2 Å². The Morgan fingerprint density at radius 1 is 1.14 bits per heavy atom. The predicted octanol–water partition coefficient (Wildman–Crippen LogP) is 0.953. The molecule has 9 heteroatoms. The molecule has 0 saturated heterocycles. The molecule has 0 spiro atoms. The Morgan fingerprint density at radius 3 is 2.72 bits per heavy atom. The van der Waals surface area contributed by atoms with Gasteiger partial charge in [-0.15, -0.1) is 0 Å². The van der Waals surface area contributed by atoms with Crippen LogP contribution in [-0.2, 0) is 19.1 Å². The molecular weight excluding hydrogens is 378 g/mol. The van der Waals surface area contributed by atoms with Crippen LogP contribution in [0.4, 0.5) is 11.4 Å². The first-order chi connectivity index (χ1) is 14.0. The largest absolute Gasteiger partial charge is 0.497 e. The zero-order valence-electron chi connectivity index (χ0n) is 15.6. The summed E-state index contributed by atoms with van der Waals surface area (Å²) in [6.07, 6.45) is 0. The third-order valence-corrected chi connectivity index (χ3v) is 4.15. The Labute approximate surface area is 166 Å². The fraction of sp³-hybridized carbons (Fsp3) is 0.200. The molecule has 0 aromatic heterocycles. The maximum absolute atomic E-state index is 12.4. The van der Waals surface area contributed by atoms with Crippen molar-refractivity contribution < 1.29 is 28.7 Å². The van der Waals surface area contributed by atoms with Gasteiger partial charge in [-0.05, 0) is 30.3 Å². The summed E-state index contributed by atoms with van der Waals surface area (Å²) in [7, 11) is 1.48. The molecule has 2 aromatic carbocycles. The second kappa shape index (κ2) is 8.87. The van der Waals surface area contributed by atoms with Crippen molar-refractivity contribution in [2.45, 2.75) is 0 Å². The lowest BCUT2D eigenvalue weighted by molar-refractivity contribution is -0.146. The summed E-state index contributed by atoms with van der Waals surface area (Å²) in [6.45, 7) is -1.12. The van der Waals surface area contributed by atoms with Crippen molar-refractivity contribution in [2.24, 2.45) is 0 Å². The van der Waals surface area contributed by atoms with Crippen LogP contribution in [0.1, 0.15) is 10.4 Å². The standard InChI is InChI=1S/C20H19N3O6/c1-28-14-6-4-5-13(9-14)20(27)21-10-19(26)29-12-18(25)23-11-17(24)22-15-7-2-3-8-16(15)23/h2-9H,10-12H2,1H3,(H,21,27)(H,22,24). The van der Waals surface area contributed by atoms with Gasteiger partial charge in [0.05, 0.1) is 18.5 Å². The number of nitrogens with one attached hydrogen (secondary N) is 2. The van der Waals surface area contributed by atoms with Crippen LogP contribution in [0, 0.1) is 0 Å². The monoisotopic (exact) mass is 397 g/mol. The molecule has 1 aliphatic rings. The van der Waals surface area contributed by atoms with Crippen LogP contribution in [0.2, 0.25) is 0 Å². The fourth-order valence-corrected chi connectivity index (χ4v) is 2.75. The second-order valence-electron chi connectivity index (χ2n) is 6.12. The summed E-state index contributed by atoms with van der Waals surface area (Å²) in [5, 5.41) is 5.09. The molecule has 0 saturated carbocycles. The maximum Gasteiger partial charge on any atom is 0.325 e. The number of ether oxygens (including phenoxy) is 2. The third-order valence-electron chi connectivity index (χ3n) is 4.15. The molecule has 0 radical (unpaired) electrons. The summed E-state index contributed by atoms with van der Waals surface area (Å²) >= 11 is 0. The van der Waals surface area contributed by atoms with Gasteiger partial charge in [0.15, 0.2) is 6.61 Å². The number of methoxy groups -OCH3 is 1. The molecule has 1 heterocycles. The topological polar surface area (TPSA) is 114 Å². The molecule has 9 nitrogen and oxygen atoms in total. The van der Waals surface area contributed by atoms with E-state index in [0.29, 0.717) is 22.7 Å². The molecule has 0 fully saturated rings. The van der Waals surface area contributed by atoms with Gasteiger partial charge in [-0.2, -0.15) is 0 Å². The van der Waals surface area contributed by atoms with Crippen molar-refractivity contribution in [3.8, 4) is 5.75 Å². The minimum absolute atomic E-state index is 0.167. The number of hydrogen-bond acceptors (Lipinski definition) is 6. The zero-order valence-corrected chi connectivity index (χ0v) is 15.6. The lowest BCUT2D eigenvalue weighted by Crippen LogP contribution is -2.44. The van der Waals surface area contributed by atoms with Crippen LogP contribution in [0.15, 0.2) is 48.5 Å². The van der Waals surface area contributed by atoms with E-state index in [1.54, 1.807) is 42.5 Å². The summed E-state index contributed by atoms with van der Waals surface area (Å²) in [4.78, 5) is 49.4. The lowest BCUT2D eigenvalue weighted by Gasteiger charge is -2.28. The molecule has 1 aliphatic heterocycles. The molecule has 0 unspecified atom stereocenters. The van der Waals surface area contributed by atoms with Gasteiger partial charge in [0.1, 0.15) is 18.8 Å². The number of para-hydroxylation sites is 2. The van der Waals surface area contributed by atoms with E-state index in [9.17, 15) is 19.2 Å². The molecule has 0 aliphatic carbocycles. The number of hydrogen-bond donors (Lipinski definition) is 2. The van der Waals surface area contributed by atoms with Crippen LogP contribution in [0.25, 0.3) is 0 Å². The minimum atomic E-state index is -0.774. The normalized spacial score (nSPS) is 12.4. The highest BCUT2D eigenvalue weighted by molar-refractivity contribution is 6.10. The van der Waals surface area contributed by atoms with Crippen LogP contribution < -0.4 is 20.3 Å². The van der Waals surface area contributed by atoms with E-state index in [4.69, 9.17) is 9.47 Å². The average Bonchev–Trinajstić information content (AvgIpc) is 2.75. The number of anilines is 2. The van der Waals surface area contributed by atoms with Gasteiger partial charge in [0.2, 0.25) is 5.91 Å². The van der Waals surface area contributed by atoms with E-state index in [-0.39, 0.29) is 12.5 Å². The summed E-state index contributed by atoms with van der Waals surface area (Å²) in [5.74, 6) is -1.62. The van der Waals surface area contributed by atoms with Crippen molar-refractivity contribution in [2.75, 3.05) is 37.0 Å².